The van der Waals surface area contributed by atoms with E-state index in [1.807, 2.05) is 43.9 Å². The molecular weight excluding hydrogens is 396 g/mol. The summed E-state index contributed by atoms with van der Waals surface area (Å²) < 4.78 is 5.38. The maximum atomic E-state index is 5.38. The Morgan fingerprint density at radius 2 is 1.85 bits per heavy atom. The van der Waals surface area contributed by atoms with Crippen molar-refractivity contribution >= 4 is 11.8 Å². The summed E-state index contributed by atoms with van der Waals surface area (Å²) in [6, 6.07) is 0.893. The van der Waals surface area contributed by atoms with Crippen LogP contribution in [0.25, 0.3) is 0 Å². The third-order valence-electron chi connectivity index (χ3n) is 5.09. The first kappa shape index (κ1) is 25.8. The number of hydrazine groups is 1. The summed E-state index contributed by atoms with van der Waals surface area (Å²) in [5, 5.41) is 3.01. The van der Waals surface area contributed by atoms with Crippen LogP contribution in [0.15, 0.2) is 0 Å². The molecule has 3 nitrogen and oxygen atoms in total. The van der Waals surface area contributed by atoms with E-state index in [1.54, 1.807) is 7.11 Å². The van der Waals surface area contributed by atoms with Gasteiger partial charge in [0, 0.05) is 36.9 Å². The first-order chi connectivity index (χ1) is 12.7. The Kier molecular flexibility index (Phi) is 14.0. The van der Waals surface area contributed by atoms with Gasteiger partial charge in [-0.2, -0.15) is 11.8 Å². The zero-order valence-electron chi connectivity index (χ0n) is 17.0. The molecule has 27 heavy (non-hydrogen) atoms. The second kappa shape index (κ2) is 14.7. The molecule has 3 fully saturated rings. The van der Waals surface area contributed by atoms with Crippen molar-refractivity contribution in [1.29, 1.82) is 0 Å². The van der Waals surface area contributed by atoms with E-state index in [2.05, 4.69) is 49.8 Å². The van der Waals surface area contributed by atoms with Gasteiger partial charge in [-0.1, -0.05) is 13.8 Å². The van der Waals surface area contributed by atoms with Gasteiger partial charge < -0.3 is 4.74 Å². The Hall–Kier alpha value is 0.749. The molecule has 0 aromatic rings. The summed E-state index contributed by atoms with van der Waals surface area (Å²) in [5.41, 5.74) is 3.83. The van der Waals surface area contributed by atoms with Crippen molar-refractivity contribution in [3.63, 3.8) is 0 Å². The fourth-order valence-corrected chi connectivity index (χ4v) is 4.45. The number of methoxy groups -OCH3 is 1. The number of thioether (sulfide) groups is 1. The van der Waals surface area contributed by atoms with Crippen LogP contribution in [0, 0.1) is 63.2 Å². The first-order valence-corrected chi connectivity index (χ1v) is 10.9. The molecule has 0 unspecified atom stereocenters. The van der Waals surface area contributed by atoms with E-state index in [0.29, 0.717) is 17.3 Å². The third-order valence-corrected chi connectivity index (χ3v) is 6.30. The molecule has 2 aliphatic carbocycles. The molecule has 0 spiro atoms. The van der Waals surface area contributed by atoms with Crippen molar-refractivity contribution < 1.29 is 21.8 Å². The summed E-state index contributed by atoms with van der Waals surface area (Å²) in [5.74, 6) is 2.83. The van der Waals surface area contributed by atoms with Gasteiger partial charge in [0.15, 0.2) is 0 Å². The van der Waals surface area contributed by atoms with Crippen LogP contribution in [-0.2, 0) is 21.8 Å². The van der Waals surface area contributed by atoms with E-state index in [-0.39, 0.29) is 17.1 Å². The van der Waals surface area contributed by atoms with Gasteiger partial charge in [0.25, 0.3) is 0 Å². The summed E-state index contributed by atoms with van der Waals surface area (Å²) in [4.78, 5) is 0. The molecule has 1 N–H and O–H groups in total. The zero-order chi connectivity index (χ0) is 18.8. The average molecular weight is 430 g/mol. The number of nitrogens with zero attached hydrogens (tertiary/aromatic N) is 1. The Morgan fingerprint density at radius 3 is 2.33 bits per heavy atom. The van der Waals surface area contributed by atoms with E-state index in [1.165, 1.54) is 31.1 Å². The summed E-state index contributed by atoms with van der Waals surface area (Å²) >= 11 is 1.96. The topological polar surface area (TPSA) is 24.5 Å². The molecule has 5 heteroatoms. The monoisotopic (exact) mass is 430 g/mol. The molecule has 0 aromatic heterocycles. The van der Waals surface area contributed by atoms with Crippen molar-refractivity contribution in [2.24, 2.45) is 0 Å². The predicted molar refractivity (Wildman–Crippen MR) is 113 cm³/mol. The van der Waals surface area contributed by atoms with Crippen LogP contribution >= 0.6 is 11.8 Å². The predicted octanol–water partition coefficient (Wildman–Crippen LogP) is 3.93. The van der Waals surface area contributed by atoms with Crippen LogP contribution in [0.5, 0.6) is 0 Å². The van der Waals surface area contributed by atoms with E-state index in [4.69, 9.17) is 4.74 Å². The SMILES string of the molecule is CC[C@@H](SC)[C@H](NN1CCC[C@H]1COC)[C]1[CH][CH][CH][C]1C.[CH]1[CH][CH][CH][CH]1.[Fe+2]. The molecule has 0 bridgehead atoms. The standard InChI is InChI=1S/C17H29N2OS.C5H5.Fe/c1-5-16(21-4)17(15-10-6-8-13(15)2)18-19-11-7-9-14(19)12-20-3;1-2-4-5-3-1;/h6,8,10,14,16-18H,5,7,9,11-12H2,1-4H3;1-5H;/q;;+2/t14-,16+,17+;;/m0../s1. The number of ether oxygens (including phenoxy) is 1. The number of nitrogens with one attached hydrogen (secondary N) is 1. The largest absolute Gasteiger partial charge is 2.00 e. The minimum absolute atomic E-state index is 0. The van der Waals surface area contributed by atoms with Crippen LogP contribution in [0.1, 0.15) is 33.1 Å². The van der Waals surface area contributed by atoms with Gasteiger partial charge in [0.2, 0.25) is 0 Å². The second-order valence-corrected chi connectivity index (χ2v) is 7.94. The van der Waals surface area contributed by atoms with Crippen molar-refractivity contribution in [2.75, 3.05) is 26.5 Å². The normalized spacial score (nSPS) is 26.4. The summed E-state index contributed by atoms with van der Waals surface area (Å²) in [6.07, 6.45) is 22.5. The Balaban J connectivity index is 0.000000526. The van der Waals surface area contributed by atoms with Gasteiger partial charge >= 0.3 is 17.1 Å². The maximum absolute atomic E-state index is 5.38. The molecule has 3 rings (SSSR count). The fraction of sp³-hybridized carbons (Fsp3) is 0.545. The molecule has 1 saturated heterocycles. The van der Waals surface area contributed by atoms with Crippen molar-refractivity contribution in [3.05, 3.63) is 63.2 Å². The van der Waals surface area contributed by atoms with Crippen molar-refractivity contribution in [3.8, 4) is 0 Å². The number of hydrogen-bond donors (Lipinski definition) is 1. The van der Waals surface area contributed by atoms with Crippen LogP contribution in [0.4, 0.5) is 0 Å². The van der Waals surface area contributed by atoms with Crippen LogP contribution in [-0.4, -0.2) is 48.9 Å². The molecule has 2 saturated carbocycles. The van der Waals surface area contributed by atoms with Gasteiger partial charge in [-0.25, -0.2) is 5.01 Å². The van der Waals surface area contributed by atoms with E-state index in [9.17, 15) is 0 Å². The quantitative estimate of drug-likeness (QED) is 0.590. The zero-order valence-corrected chi connectivity index (χ0v) is 18.9. The molecule has 1 aliphatic heterocycles. The van der Waals surface area contributed by atoms with E-state index >= 15 is 0 Å². The average Bonchev–Trinajstić information content (AvgIpc) is 3.40. The fourth-order valence-electron chi connectivity index (χ4n) is 3.63. The van der Waals surface area contributed by atoms with Crippen LogP contribution in [0.2, 0.25) is 0 Å². The van der Waals surface area contributed by atoms with Crippen LogP contribution in [0.3, 0.4) is 0 Å². The molecule has 0 aromatic carbocycles. The number of rotatable bonds is 8. The Labute approximate surface area is 184 Å². The minimum atomic E-state index is 0. The molecular formula is C22H34FeN2OS+2. The Morgan fingerprint density at radius 1 is 1.19 bits per heavy atom. The van der Waals surface area contributed by atoms with Gasteiger partial charge in [0.05, 0.1) is 6.61 Å². The summed E-state index contributed by atoms with van der Waals surface area (Å²) in [7, 11) is 1.80. The number of hydrogen-bond acceptors (Lipinski definition) is 4. The van der Waals surface area contributed by atoms with Gasteiger partial charge in [-0.15, -0.1) is 0 Å². The third kappa shape index (κ3) is 8.18. The Bertz CT molecular complexity index is 359. The van der Waals surface area contributed by atoms with E-state index < -0.39 is 0 Å². The van der Waals surface area contributed by atoms with Gasteiger partial charge in [0.1, 0.15) is 0 Å². The van der Waals surface area contributed by atoms with Crippen molar-refractivity contribution in [1.82, 2.24) is 10.4 Å². The second-order valence-electron chi connectivity index (χ2n) is 6.86. The molecule has 3 atom stereocenters. The van der Waals surface area contributed by atoms with Gasteiger partial charge in [-0.3, -0.25) is 5.43 Å². The van der Waals surface area contributed by atoms with Crippen LogP contribution < -0.4 is 5.43 Å². The smallest absolute Gasteiger partial charge is 0.383 e. The minimum Gasteiger partial charge on any atom is -0.383 e. The molecule has 0 amide bonds. The van der Waals surface area contributed by atoms with Crippen molar-refractivity contribution in [2.45, 2.75) is 50.4 Å². The molecule has 150 valence electrons. The van der Waals surface area contributed by atoms with E-state index in [0.717, 1.165) is 13.2 Å². The molecule has 10 radical (unpaired) electrons. The van der Waals surface area contributed by atoms with Gasteiger partial charge in [-0.05, 0) is 82.8 Å². The first-order valence-electron chi connectivity index (χ1n) is 9.64. The summed E-state index contributed by atoms with van der Waals surface area (Å²) in [6.45, 7) is 6.43. The molecule has 3 aliphatic rings. The molecule has 1 heterocycles. The maximum Gasteiger partial charge on any atom is 2.00 e.